The number of rotatable bonds is 5. The Morgan fingerprint density at radius 3 is 2.26 bits per heavy atom. The molecule has 5 N–H and O–H groups in total. The zero-order valence-electron chi connectivity index (χ0n) is 11.4. The molecule has 0 aliphatic heterocycles. The van der Waals surface area contributed by atoms with Crippen LogP contribution in [0.15, 0.2) is 16.3 Å². The summed E-state index contributed by atoms with van der Waals surface area (Å²) in [6, 6.07) is 0.111. The van der Waals surface area contributed by atoms with E-state index in [9.17, 15) is 31.2 Å². The maximum absolute atomic E-state index is 12.9. The first-order chi connectivity index (χ1) is 10.4. The van der Waals surface area contributed by atoms with Crippen molar-refractivity contribution in [3.05, 3.63) is 17.0 Å². The third-order valence-corrected chi connectivity index (χ3v) is 6.49. The summed E-state index contributed by atoms with van der Waals surface area (Å²) < 4.78 is 63.7. The van der Waals surface area contributed by atoms with Crippen molar-refractivity contribution in [3.8, 4) is 0 Å². The first-order valence-corrected chi connectivity index (χ1v) is 8.49. The fraction of sp³-hybridized carbons (Fsp3) is 0.455. The summed E-state index contributed by atoms with van der Waals surface area (Å²) in [6.45, 7) is 0. The van der Waals surface area contributed by atoms with Gasteiger partial charge in [0.15, 0.2) is 0 Å². The summed E-state index contributed by atoms with van der Waals surface area (Å²) in [6.07, 6.45) is -5.37. The highest BCUT2D eigenvalue weighted by atomic mass is 32.2. The van der Waals surface area contributed by atoms with Crippen LogP contribution >= 0.6 is 11.3 Å². The quantitative estimate of drug-likeness (QED) is 0.686. The van der Waals surface area contributed by atoms with Gasteiger partial charge in [0.05, 0.1) is 16.3 Å². The van der Waals surface area contributed by atoms with Crippen molar-refractivity contribution in [3.63, 3.8) is 0 Å². The van der Waals surface area contributed by atoms with Crippen molar-refractivity contribution in [1.29, 1.82) is 0 Å². The normalized spacial score (nSPS) is 18.3. The number of alkyl halides is 3. The minimum absolute atomic E-state index is 0.0731. The molecule has 7 nitrogen and oxygen atoms in total. The highest BCUT2D eigenvalue weighted by Crippen LogP contribution is 2.59. The van der Waals surface area contributed by atoms with Crippen LogP contribution in [0.1, 0.15) is 22.5 Å². The third kappa shape index (κ3) is 3.19. The standard InChI is InChI=1S/C11H12F3N3O4S2/c12-11(13,14)10(3-4-10)7(15)9(19)17-23(20,21)6-2-1-5(22-6)8(16)18/h1-2,7H,3-4,15H2,(H2,16,18)(H,17,19). The molecular weight excluding hydrogens is 359 g/mol. The van der Waals surface area contributed by atoms with Gasteiger partial charge in [0.1, 0.15) is 4.21 Å². The van der Waals surface area contributed by atoms with E-state index in [0.29, 0.717) is 11.3 Å². The summed E-state index contributed by atoms with van der Waals surface area (Å²) in [5.41, 5.74) is 7.90. The van der Waals surface area contributed by atoms with Gasteiger partial charge in [-0.3, -0.25) is 9.59 Å². The molecule has 0 spiro atoms. The van der Waals surface area contributed by atoms with Gasteiger partial charge in [-0.25, -0.2) is 13.1 Å². The third-order valence-electron chi connectivity index (χ3n) is 3.56. The highest BCUT2D eigenvalue weighted by molar-refractivity contribution is 7.92. The SMILES string of the molecule is NC(=O)c1ccc(S(=O)(=O)NC(=O)C(N)C2(C(F)(F)F)CC2)s1. The largest absolute Gasteiger partial charge is 0.396 e. The van der Waals surface area contributed by atoms with Gasteiger partial charge in [-0.05, 0) is 25.0 Å². The number of thiophene rings is 1. The summed E-state index contributed by atoms with van der Waals surface area (Å²) >= 11 is 0.490. The molecule has 23 heavy (non-hydrogen) atoms. The number of primary amides is 1. The predicted octanol–water partition coefficient (Wildman–Crippen LogP) is 0.322. The molecule has 1 aromatic rings. The maximum atomic E-state index is 12.9. The fourth-order valence-electron chi connectivity index (χ4n) is 2.00. The minimum atomic E-state index is -4.70. The Bertz CT molecular complexity index is 753. The number of carbonyl (C=O) groups excluding carboxylic acids is 2. The molecule has 0 radical (unpaired) electrons. The van der Waals surface area contributed by atoms with Crippen LogP contribution in [0, 0.1) is 5.41 Å². The Morgan fingerprint density at radius 2 is 1.87 bits per heavy atom. The number of amides is 2. The van der Waals surface area contributed by atoms with Crippen LogP contribution in [-0.2, 0) is 14.8 Å². The topological polar surface area (TPSA) is 132 Å². The first-order valence-electron chi connectivity index (χ1n) is 6.19. The lowest BCUT2D eigenvalue weighted by Crippen LogP contribution is -2.52. The van der Waals surface area contributed by atoms with E-state index in [0.717, 1.165) is 12.1 Å². The Morgan fingerprint density at radius 1 is 1.30 bits per heavy atom. The molecule has 128 valence electrons. The average molecular weight is 371 g/mol. The molecular formula is C11H12F3N3O4S2. The summed E-state index contributed by atoms with van der Waals surface area (Å²) in [7, 11) is -4.43. The van der Waals surface area contributed by atoms with Crippen LogP contribution in [0.4, 0.5) is 13.2 Å². The Hall–Kier alpha value is -1.66. The number of hydrogen-bond donors (Lipinski definition) is 3. The van der Waals surface area contributed by atoms with E-state index in [2.05, 4.69) is 0 Å². The second-order valence-corrected chi connectivity index (χ2v) is 8.08. The van der Waals surface area contributed by atoms with E-state index in [1.165, 1.54) is 4.72 Å². The number of halogens is 3. The highest BCUT2D eigenvalue weighted by Gasteiger charge is 2.68. The summed E-state index contributed by atoms with van der Waals surface area (Å²) in [5, 5.41) is 0. The van der Waals surface area contributed by atoms with Gasteiger partial charge in [-0.15, -0.1) is 11.3 Å². The van der Waals surface area contributed by atoms with Crippen LogP contribution in [-0.4, -0.2) is 32.5 Å². The van der Waals surface area contributed by atoms with Gasteiger partial charge in [0, 0.05) is 0 Å². The average Bonchev–Trinajstić information content (AvgIpc) is 3.06. The molecule has 1 atom stereocenters. The molecule has 1 heterocycles. The van der Waals surface area contributed by atoms with Crippen molar-refractivity contribution in [2.75, 3.05) is 0 Å². The minimum Gasteiger partial charge on any atom is -0.365 e. The number of nitrogens with one attached hydrogen (secondary N) is 1. The monoisotopic (exact) mass is 371 g/mol. The van der Waals surface area contributed by atoms with Crippen molar-refractivity contribution in [2.45, 2.75) is 29.3 Å². The Labute approximate surface area is 132 Å². The second kappa shape index (κ2) is 5.46. The molecule has 1 aromatic heterocycles. The van der Waals surface area contributed by atoms with Crippen LogP contribution in [0.2, 0.25) is 0 Å². The molecule has 0 aromatic carbocycles. The van der Waals surface area contributed by atoms with Gasteiger partial charge < -0.3 is 11.5 Å². The van der Waals surface area contributed by atoms with Gasteiger partial charge in [-0.2, -0.15) is 13.2 Å². The van der Waals surface area contributed by atoms with Crippen molar-refractivity contribution >= 4 is 33.2 Å². The molecule has 2 rings (SSSR count). The summed E-state index contributed by atoms with van der Waals surface area (Å²) in [5.74, 6) is -2.32. The smallest absolute Gasteiger partial charge is 0.365 e. The lowest BCUT2D eigenvalue weighted by Gasteiger charge is -2.24. The number of nitrogens with two attached hydrogens (primary N) is 2. The van der Waals surface area contributed by atoms with Crippen LogP contribution < -0.4 is 16.2 Å². The van der Waals surface area contributed by atoms with E-state index in [-0.39, 0.29) is 17.7 Å². The molecule has 1 aliphatic carbocycles. The van der Waals surface area contributed by atoms with E-state index in [1.54, 1.807) is 0 Å². The number of carbonyl (C=O) groups is 2. The van der Waals surface area contributed by atoms with Gasteiger partial charge in [0.25, 0.3) is 21.8 Å². The van der Waals surface area contributed by atoms with E-state index in [1.807, 2.05) is 0 Å². The lowest BCUT2D eigenvalue weighted by atomic mass is 9.96. The van der Waals surface area contributed by atoms with Crippen molar-refractivity contribution in [2.24, 2.45) is 16.9 Å². The molecule has 1 aliphatic rings. The predicted molar refractivity (Wildman–Crippen MR) is 73.9 cm³/mol. The molecule has 0 saturated heterocycles. The maximum Gasteiger partial charge on any atom is 0.396 e. The molecule has 0 bridgehead atoms. The van der Waals surface area contributed by atoms with Crippen molar-refractivity contribution in [1.82, 2.24) is 4.72 Å². The second-order valence-electron chi connectivity index (χ2n) is 5.08. The van der Waals surface area contributed by atoms with E-state index >= 15 is 0 Å². The van der Waals surface area contributed by atoms with Gasteiger partial charge in [0.2, 0.25) is 0 Å². The Balaban J connectivity index is 2.17. The zero-order valence-corrected chi connectivity index (χ0v) is 13.0. The number of sulfonamides is 1. The van der Waals surface area contributed by atoms with Crippen molar-refractivity contribution < 1.29 is 31.2 Å². The first kappa shape index (κ1) is 17.7. The molecule has 2 amide bonds. The zero-order chi connectivity index (χ0) is 17.6. The van der Waals surface area contributed by atoms with Gasteiger partial charge >= 0.3 is 6.18 Å². The number of hydrogen-bond acceptors (Lipinski definition) is 6. The fourth-order valence-corrected chi connectivity index (χ4v) is 4.16. The van der Waals surface area contributed by atoms with Crippen LogP contribution in [0.3, 0.4) is 0 Å². The molecule has 1 fully saturated rings. The van der Waals surface area contributed by atoms with Gasteiger partial charge in [-0.1, -0.05) is 0 Å². The lowest BCUT2D eigenvalue weighted by molar-refractivity contribution is -0.194. The Kier molecular flexibility index (Phi) is 4.20. The van der Waals surface area contributed by atoms with Crippen LogP contribution in [0.25, 0.3) is 0 Å². The molecule has 1 saturated carbocycles. The van der Waals surface area contributed by atoms with Crippen LogP contribution in [0.5, 0.6) is 0 Å². The molecule has 12 heteroatoms. The molecule has 1 unspecified atom stereocenters. The van der Waals surface area contributed by atoms with E-state index < -0.39 is 43.7 Å². The summed E-state index contributed by atoms with van der Waals surface area (Å²) in [4.78, 5) is 22.7. The van der Waals surface area contributed by atoms with E-state index in [4.69, 9.17) is 11.5 Å².